The fraction of sp³-hybridized carbons (Fsp3) is 0.833. The van der Waals surface area contributed by atoms with Crippen molar-refractivity contribution in [3.63, 3.8) is 0 Å². The molecule has 0 amide bonds. The summed E-state index contributed by atoms with van der Waals surface area (Å²) in [6.45, 7) is 6.20. The monoisotopic (exact) mass is 237 g/mol. The van der Waals surface area contributed by atoms with Crippen molar-refractivity contribution < 1.29 is 9.63 Å². The summed E-state index contributed by atoms with van der Waals surface area (Å²) in [5.41, 5.74) is -0.525. The third-order valence-corrected chi connectivity index (χ3v) is 3.84. The van der Waals surface area contributed by atoms with Crippen molar-refractivity contribution in [1.29, 1.82) is 0 Å². The predicted octanol–water partition coefficient (Wildman–Crippen LogP) is 1.15. The molecule has 1 N–H and O–H groups in total. The summed E-state index contributed by atoms with van der Waals surface area (Å²) in [4.78, 5) is 6.54. The molecule has 2 aliphatic rings. The Morgan fingerprint density at radius 1 is 1.47 bits per heavy atom. The Hall–Kier alpha value is -0.940. The minimum Gasteiger partial charge on any atom is -0.387 e. The zero-order valence-corrected chi connectivity index (χ0v) is 10.4. The van der Waals surface area contributed by atoms with Gasteiger partial charge in [0.2, 0.25) is 5.89 Å². The van der Waals surface area contributed by atoms with Crippen molar-refractivity contribution in [2.24, 2.45) is 5.92 Å². The molecule has 17 heavy (non-hydrogen) atoms. The number of hydrogen-bond acceptors (Lipinski definition) is 5. The van der Waals surface area contributed by atoms with Crippen LogP contribution in [-0.4, -0.2) is 38.8 Å². The van der Waals surface area contributed by atoms with Crippen molar-refractivity contribution in [3.8, 4) is 0 Å². The van der Waals surface area contributed by atoms with E-state index in [1.165, 1.54) is 12.8 Å². The number of rotatable bonds is 4. The summed E-state index contributed by atoms with van der Waals surface area (Å²) >= 11 is 0. The zero-order chi connectivity index (χ0) is 12.0. The first-order valence-electron chi connectivity index (χ1n) is 6.34. The summed E-state index contributed by atoms with van der Waals surface area (Å²) in [6, 6.07) is 0. The van der Waals surface area contributed by atoms with Crippen LogP contribution in [0.5, 0.6) is 0 Å². The Kier molecular flexibility index (Phi) is 2.48. The van der Waals surface area contributed by atoms with E-state index >= 15 is 0 Å². The van der Waals surface area contributed by atoms with Crippen LogP contribution in [0.1, 0.15) is 44.3 Å². The van der Waals surface area contributed by atoms with Crippen LogP contribution in [0.3, 0.4) is 0 Å². The van der Waals surface area contributed by atoms with Crippen LogP contribution in [0.4, 0.5) is 0 Å². The molecule has 2 heterocycles. The second-order valence-corrected chi connectivity index (χ2v) is 5.73. The molecule has 1 aromatic heterocycles. The van der Waals surface area contributed by atoms with Gasteiger partial charge in [0.05, 0.1) is 12.1 Å². The van der Waals surface area contributed by atoms with Crippen LogP contribution in [0.15, 0.2) is 4.52 Å². The van der Waals surface area contributed by atoms with Crippen LogP contribution in [-0.2, 0) is 6.54 Å². The summed E-state index contributed by atoms with van der Waals surface area (Å²) in [5, 5.41) is 14.1. The van der Waals surface area contributed by atoms with Gasteiger partial charge in [-0.05, 0) is 18.8 Å². The third kappa shape index (κ3) is 2.09. The lowest BCUT2D eigenvalue weighted by Gasteiger charge is -2.48. The second kappa shape index (κ2) is 3.78. The van der Waals surface area contributed by atoms with E-state index in [1.54, 1.807) is 0 Å². The second-order valence-electron chi connectivity index (χ2n) is 5.73. The lowest BCUT2D eigenvalue weighted by Crippen LogP contribution is -2.63. The van der Waals surface area contributed by atoms with Gasteiger partial charge in [-0.1, -0.05) is 19.0 Å². The van der Waals surface area contributed by atoms with Crippen LogP contribution in [0, 0.1) is 5.92 Å². The van der Waals surface area contributed by atoms with Crippen molar-refractivity contribution in [3.05, 3.63) is 11.7 Å². The van der Waals surface area contributed by atoms with Gasteiger partial charge in [0.1, 0.15) is 0 Å². The molecular formula is C12H19N3O2. The fourth-order valence-corrected chi connectivity index (χ4v) is 2.23. The standard InChI is InChI=1S/C12H19N3O2/c1-8(2)12(16)6-15(7-12)5-10-13-11(17-14-10)9-3-4-9/h8-9,16H,3-7H2,1-2H3. The molecule has 1 saturated carbocycles. The van der Waals surface area contributed by atoms with Gasteiger partial charge in [0.25, 0.3) is 0 Å². The average molecular weight is 237 g/mol. The van der Waals surface area contributed by atoms with Crippen molar-refractivity contribution in [1.82, 2.24) is 15.0 Å². The van der Waals surface area contributed by atoms with Gasteiger partial charge in [-0.15, -0.1) is 0 Å². The zero-order valence-electron chi connectivity index (χ0n) is 10.4. The Labute approximate surface area is 101 Å². The maximum Gasteiger partial charge on any atom is 0.229 e. The normalized spacial score (nSPS) is 24.0. The van der Waals surface area contributed by atoms with Gasteiger partial charge in [-0.25, -0.2) is 0 Å². The highest BCUT2D eigenvalue weighted by molar-refractivity contribution is 5.03. The first-order valence-corrected chi connectivity index (χ1v) is 6.34. The van der Waals surface area contributed by atoms with Gasteiger partial charge in [0.15, 0.2) is 5.82 Å². The highest BCUT2D eigenvalue weighted by atomic mass is 16.5. The smallest absolute Gasteiger partial charge is 0.229 e. The summed E-state index contributed by atoms with van der Waals surface area (Å²) in [6.07, 6.45) is 2.36. The molecule has 5 heteroatoms. The van der Waals surface area contributed by atoms with E-state index in [1.807, 2.05) is 0 Å². The van der Waals surface area contributed by atoms with Gasteiger partial charge in [-0.3, -0.25) is 4.90 Å². The van der Waals surface area contributed by atoms with E-state index in [2.05, 4.69) is 28.9 Å². The number of likely N-dealkylation sites (tertiary alicyclic amines) is 1. The number of hydrogen-bond donors (Lipinski definition) is 1. The summed E-state index contributed by atoms with van der Waals surface area (Å²) in [7, 11) is 0. The van der Waals surface area contributed by atoms with E-state index in [4.69, 9.17) is 4.52 Å². The van der Waals surface area contributed by atoms with E-state index in [0.717, 1.165) is 11.7 Å². The molecule has 2 fully saturated rings. The van der Waals surface area contributed by atoms with Gasteiger partial charge in [-0.2, -0.15) is 4.98 Å². The van der Waals surface area contributed by atoms with E-state index < -0.39 is 5.60 Å². The highest BCUT2D eigenvalue weighted by Crippen LogP contribution is 2.39. The topological polar surface area (TPSA) is 62.4 Å². The van der Waals surface area contributed by atoms with Crippen molar-refractivity contribution in [2.45, 2.75) is 44.8 Å². The minimum absolute atomic E-state index is 0.297. The van der Waals surface area contributed by atoms with E-state index in [0.29, 0.717) is 31.5 Å². The average Bonchev–Trinajstić information content (AvgIpc) is 2.97. The first kappa shape index (κ1) is 11.2. The molecule has 1 aromatic rings. The Bertz CT molecular complexity index is 406. The van der Waals surface area contributed by atoms with Gasteiger partial charge >= 0.3 is 0 Å². The fourth-order valence-electron chi connectivity index (χ4n) is 2.23. The first-order chi connectivity index (χ1) is 8.07. The number of aromatic nitrogens is 2. The molecule has 0 aromatic carbocycles. The highest BCUT2D eigenvalue weighted by Gasteiger charge is 2.43. The van der Waals surface area contributed by atoms with Crippen LogP contribution in [0.25, 0.3) is 0 Å². The third-order valence-electron chi connectivity index (χ3n) is 3.84. The lowest BCUT2D eigenvalue weighted by molar-refractivity contribution is -0.131. The van der Waals surface area contributed by atoms with Crippen LogP contribution in [0.2, 0.25) is 0 Å². The molecule has 1 aliphatic carbocycles. The number of β-amino-alcohol motifs (C(OH)–C–C–N with tert-alkyl or cyclic N) is 1. The van der Waals surface area contributed by atoms with Crippen molar-refractivity contribution in [2.75, 3.05) is 13.1 Å². The molecule has 0 spiro atoms. The molecule has 0 bridgehead atoms. The Morgan fingerprint density at radius 3 is 2.76 bits per heavy atom. The lowest BCUT2D eigenvalue weighted by atomic mass is 9.83. The van der Waals surface area contributed by atoms with Crippen molar-refractivity contribution >= 4 is 0 Å². The van der Waals surface area contributed by atoms with Gasteiger partial charge < -0.3 is 9.63 Å². The molecule has 1 aliphatic heterocycles. The van der Waals surface area contributed by atoms with Crippen LogP contribution < -0.4 is 0 Å². The summed E-state index contributed by atoms with van der Waals surface area (Å²) < 4.78 is 5.21. The Morgan fingerprint density at radius 2 is 2.18 bits per heavy atom. The Balaban J connectivity index is 1.54. The molecular weight excluding hydrogens is 218 g/mol. The molecule has 94 valence electrons. The molecule has 0 unspecified atom stereocenters. The quantitative estimate of drug-likeness (QED) is 0.851. The summed E-state index contributed by atoms with van der Waals surface area (Å²) in [5.74, 6) is 2.35. The number of nitrogens with zero attached hydrogens (tertiary/aromatic N) is 3. The molecule has 3 rings (SSSR count). The minimum atomic E-state index is -0.525. The predicted molar refractivity (Wildman–Crippen MR) is 61.3 cm³/mol. The largest absolute Gasteiger partial charge is 0.387 e. The van der Waals surface area contributed by atoms with Gasteiger partial charge in [0, 0.05) is 19.0 Å². The van der Waals surface area contributed by atoms with Crippen LogP contribution >= 0.6 is 0 Å². The number of aliphatic hydroxyl groups is 1. The maximum absolute atomic E-state index is 10.1. The maximum atomic E-state index is 10.1. The molecule has 0 radical (unpaired) electrons. The SMILES string of the molecule is CC(C)C1(O)CN(Cc2noc(C3CC3)n2)C1. The molecule has 5 nitrogen and oxygen atoms in total. The molecule has 0 atom stereocenters. The van der Waals surface area contributed by atoms with E-state index in [9.17, 15) is 5.11 Å². The molecule has 1 saturated heterocycles. The van der Waals surface area contributed by atoms with E-state index in [-0.39, 0.29) is 0 Å².